The molecule has 1 aliphatic rings. The molecular weight excluding hydrogens is 271 g/mol. The fourth-order valence-electron chi connectivity index (χ4n) is 2.17. The van der Waals surface area contributed by atoms with Gasteiger partial charge in [-0.05, 0) is 12.1 Å². The summed E-state index contributed by atoms with van der Waals surface area (Å²) in [5, 5.41) is 0. The van der Waals surface area contributed by atoms with E-state index in [-0.39, 0.29) is 5.91 Å². The number of aromatic nitrogens is 1. The molecule has 0 unspecified atom stereocenters. The third-order valence-corrected chi connectivity index (χ3v) is 3.28. The van der Waals surface area contributed by atoms with Crippen LogP contribution in [0, 0.1) is 0 Å². The van der Waals surface area contributed by atoms with Gasteiger partial charge in [-0.3, -0.25) is 4.79 Å². The molecule has 0 saturated carbocycles. The summed E-state index contributed by atoms with van der Waals surface area (Å²) in [7, 11) is 0. The minimum Gasteiger partial charge on any atom is -0.353 e. The number of nitrogens with zero attached hydrogens (tertiary/aromatic N) is 3. The van der Waals surface area contributed by atoms with Crippen molar-refractivity contribution in [1.29, 1.82) is 0 Å². The molecule has 0 spiro atoms. The third-order valence-electron chi connectivity index (χ3n) is 3.28. The Morgan fingerprint density at radius 2 is 1.90 bits per heavy atom. The third kappa shape index (κ3) is 3.20. The largest absolute Gasteiger partial charge is 0.433 e. The molecule has 2 heterocycles. The second kappa shape index (κ2) is 5.68. The van der Waals surface area contributed by atoms with E-state index in [2.05, 4.69) is 4.98 Å². The number of halogens is 3. The minimum absolute atomic E-state index is 0.0710. The SMILES string of the molecule is CCC(=O)N1CCN(c2cccc(C(F)(F)F)n2)CC1. The molecule has 1 aliphatic heterocycles. The Morgan fingerprint density at radius 1 is 1.25 bits per heavy atom. The number of hydrogen-bond donors (Lipinski definition) is 0. The molecule has 1 fully saturated rings. The number of carbonyl (C=O) groups excluding carboxylic acids is 1. The maximum atomic E-state index is 12.6. The monoisotopic (exact) mass is 287 g/mol. The van der Waals surface area contributed by atoms with E-state index in [0.29, 0.717) is 38.4 Å². The van der Waals surface area contributed by atoms with Crippen molar-refractivity contribution in [2.45, 2.75) is 19.5 Å². The van der Waals surface area contributed by atoms with E-state index < -0.39 is 11.9 Å². The molecule has 0 N–H and O–H groups in total. The second-order valence-corrected chi connectivity index (χ2v) is 4.60. The first-order valence-corrected chi connectivity index (χ1v) is 6.49. The zero-order valence-corrected chi connectivity index (χ0v) is 11.2. The minimum atomic E-state index is -4.43. The maximum Gasteiger partial charge on any atom is 0.433 e. The van der Waals surface area contributed by atoms with Gasteiger partial charge in [-0.1, -0.05) is 13.0 Å². The van der Waals surface area contributed by atoms with Crippen LogP contribution in [0.15, 0.2) is 18.2 Å². The van der Waals surface area contributed by atoms with Crippen LogP contribution in [0.4, 0.5) is 19.0 Å². The molecule has 0 aliphatic carbocycles. The molecule has 0 atom stereocenters. The van der Waals surface area contributed by atoms with E-state index in [4.69, 9.17) is 0 Å². The highest BCUT2D eigenvalue weighted by molar-refractivity contribution is 5.76. The average Bonchev–Trinajstić information content (AvgIpc) is 2.46. The quantitative estimate of drug-likeness (QED) is 0.836. The van der Waals surface area contributed by atoms with Gasteiger partial charge in [-0.15, -0.1) is 0 Å². The number of hydrogen-bond acceptors (Lipinski definition) is 3. The summed E-state index contributed by atoms with van der Waals surface area (Å²) in [4.78, 5) is 18.7. The number of piperazine rings is 1. The van der Waals surface area contributed by atoms with Crippen molar-refractivity contribution in [3.63, 3.8) is 0 Å². The van der Waals surface area contributed by atoms with E-state index in [1.54, 1.807) is 22.8 Å². The number of carbonyl (C=O) groups is 1. The van der Waals surface area contributed by atoms with Crippen LogP contribution in [0.25, 0.3) is 0 Å². The number of alkyl halides is 3. The molecule has 1 aromatic heterocycles. The first kappa shape index (κ1) is 14.6. The molecule has 1 saturated heterocycles. The molecule has 1 amide bonds. The summed E-state index contributed by atoms with van der Waals surface area (Å²) < 4.78 is 37.8. The summed E-state index contributed by atoms with van der Waals surface area (Å²) in [5.74, 6) is 0.380. The predicted octanol–water partition coefficient (Wildman–Crippen LogP) is 2.16. The van der Waals surface area contributed by atoms with Gasteiger partial charge >= 0.3 is 6.18 Å². The molecule has 0 bridgehead atoms. The van der Waals surface area contributed by atoms with E-state index in [1.165, 1.54) is 6.07 Å². The molecule has 7 heteroatoms. The van der Waals surface area contributed by atoms with E-state index in [1.807, 2.05) is 0 Å². The predicted molar refractivity (Wildman–Crippen MR) is 68.3 cm³/mol. The Bertz CT molecular complexity index is 482. The highest BCUT2D eigenvalue weighted by atomic mass is 19.4. The van der Waals surface area contributed by atoms with Crippen LogP contribution >= 0.6 is 0 Å². The van der Waals surface area contributed by atoms with Crippen molar-refractivity contribution < 1.29 is 18.0 Å². The normalized spacial score (nSPS) is 16.4. The molecular formula is C13H16F3N3O. The van der Waals surface area contributed by atoms with Crippen LogP contribution in [0.1, 0.15) is 19.0 Å². The molecule has 4 nitrogen and oxygen atoms in total. The van der Waals surface area contributed by atoms with Crippen molar-refractivity contribution in [3.05, 3.63) is 23.9 Å². The van der Waals surface area contributed by atoms with Gasteiger partial charge in [0.1, 0.15) is 11.5 Å². The van der Waals surface area contributed by atoms with Crippen LogP contribution < -0.4 is 4.90 Å². The van der Waals surface area contributed by atoms with Gasteiger partial charge < -0.3 is 9.80 Å². The topological polar surface area (TPSA) is 36.4 Å². The first-order valence-electron chi connectivity index (χ1n) is 6.49. The Hall–Kier alpha value is -1.79. The van der Waals surface area contributed by atoms with Gasteiger partial charge in [-0.25, -0.2) is 4.98 Å². The van der Waals surface area contributed by atoms with Crippen molar-refractivity contribution in [2.24, 2.45) is 0 Å². The van der Waals surface area contributed by atoms with Crippen molar-refractivity contribution in [2.75, 3.05) is 31.1 Å². The fraction of sp³-hybridized carbons (Fsp3) is 0.538. The lowest BCUT2D eigenvalue weighted by Crippen LogP contribution is -2.48. The first-order chi connectivity index (χ1) is 9.41. The summed E-state index contributed by atoms with van der Waals surface area (Å²) in [6, 6.07) is 3.88. The number of anilines is 1. The van der Waals surface area contributed by atoms with E-state index >= 15 is 0 Å². The highest BCUT2D eigenvalue weighted by Crippen LogP contribution is 2.29. The molecule has 0 radical (unpaired) electrons. The lowest BCUT2D eigenvalue weighted by Gasteiger charge is -2.35. The molecule has 1 aromatic rings. The number of pyridine rings is 1. The standard InChI is InChI=1S/C13H16F3N3O/c1-2-12(20)19-8-6-18(7-9-19)11-5-3-4-10(17-11)13(14,15)16/h3-5H,2,6-9H2,1H3. The van der Waals surface area contributed by atoms with Gasteiger partial charge in [0.05, 0.1) is 0 Å². The zero-order chi connectivity index (χ0) is 14.8. The molecule has 0 aromatic carbocycles. The number of amides is 1. The average molecular weight is 287 g/mol. The van der Waals surface area contributed by atoms with Gasteiger partial charge in [0, 0.05) is 32.6 Å². The highest BCUT2D eigenvalue weighted by Gasteiger charge is 2.33. The summed E-state index contributed by atoms with van der Waals surface area (Å²) >= 11 is 0. The molecule has 20 heavy (non-hydrogen) atoms. The lowest BCUT2D eigenvalue weighted by molar-refractivity contribution is -0.141. The van der Waals surface area contributed by atoms with Crippen molar-refractivity contribution >= 4 is 11.7 Å². The summed E-state index contributed by atoms with van der Waals surface area (Å²) in [6.45, 7) is 3.83. The second-order valence-electron chi connectivity index (χ2n) is 4.60. The number of rotatable bonds is 2. The van der Waals surface area contributed by atoms with Crippen LogP contribution in [-0.4, -0.2) is 42.0 Å². The van der Waals surface area contributed by atoms with Gasteiger partial charge in [0.25, 0.3) is 0 Å². The van der Waals surface area contributed by atoms with Crippen LogP contribution in [0.2, 0.25) is 0 Å². The lowest BCUT2D eigenvalue weighted by atomic mass is 10.2. The van der Waals surface area contributed by atoms with Gasteiger partial charge in [0.2, 0.25) is 5.91 Å². The van der Waals surface area contributed by atoms with Crippen molar-refractivity contribution in [3.8, 4) is 0 Å². The van der Waals surface area contributed by atoms with E-state index in [0.717, 1.165) is 6.07 Å². The van der Waals surface area contributed by atoms with Gasteiger partial charge in [-0.2, -0.15) is 13.2 Å². The van der Waals surface area contributed by atoms with Crippen molar-refractivity contribution in [1.82, 2.24) is 9.88 Å². The Labute approximate surface area is 115 Å². The smallest absolute Gasteiger partial charge is 0.353 e. The zero-order valence-electron chi connectivity index (χ0n) is 11.2. The van der Waals surface area contributed by atoms with Crippen LogP contribution in [0.5, 0.6) is 0 Å². The summed E-state index contributed by atoms with van der Waals surface area (Å²) in [6.07, 6.45) is -3.99. The fourth-order valence-corrected chi connectivity index (χ4v) is 2.17. The Kier molecular flexibility index (Phi) is 4.15. The maximum absolute atomic E-state index is 12.6. The molecule has 2 rings (SSSR count). The molecule has 110 valence electrons. The summed E-state index contributed by atoms with van der Waals surface area (Å²) in [5.41, 5.74) is -0.887. The Balaban J connectivity index is 2.06. The van der Waals surface area contributed by atoms with Crippen LogP contribution in [-0.2, 0) is 11.0 Å². The van der Waals surface area contributed by atoms with E-state index in [9.17, 15) is 18.0 Å². The van der Waals surface area contributed by atoms with Crippen LogP contribution in [0.3, 0.4) is 0 Å². The van der Waals surface area contributed by atoms with Gasteiger partial charge in [0.15, 0.2) is 0 Å². The Morgan fingerprint density at radius 3 is 2.45 bits per heavy atom.